The van der Waals surface area contributed by atoms with Crippen LogP contribution in [0.15, 0.2) is 24.3 Å². The van der Waals surface area contributed by atoms with Crippen molar-refractivity contribution >= 4 is 0 Å². The van der Waals surface area contributed by atoms with Crippen LogP contribution in [0, 0.1) is 6.92 Å². The summed E-state index contributed by atoms with van der Waals surface area (Å²) < 4.78 is 0. The van der Waals surface area contributed by atoms with Gasteiger partial charge in [0.1, 0.15) is 0 Å². The Morgan fingerprint density at radius 3 is 2.44 bits per heavy atom. The van der Waals surface area contributed by atoms with Crippen LogP contribution < -0.4 is 5.32 Å². The minimum absolute atomic E-state index is 0.206. The van der Waals surface area contributed by atoms with Crippen molar-refractivity contribution in [2.45, 2.75) is 52.5 Å². The van der Waals surface area contributed by atoms with Crippen molar-refractivity contribution in [3.63, 3.8) is 0 Å². The molecule has 0 heterocycles. The molecule has 1 nitrogen and oxygen atoms in total. The lowest BCUT2D eigenvalue weighted by Crippen LogP contribution is -2.38. The lowest BCUT2D eigenvalue weighted by molar-refractivity contribution is 0.403. The maximum Gasteiger partial charge on any atom is 0.00967 e. The molecule has 1 aromatic carbocycles. The Balaban J connectivity index is 2.68. The second-order valence-corrected chi connectivity index (χ2v) is 5.65. The number of aryl methyl sites for hydroxylation is 1. The lowest BCUT2D eigenvalue weighted by Gasteiger charge is -2.25. The van der Waals surface area contributed by atoms with Crippen LogP contribution in [0.2, 0.25) is 0 Å². The average molecular weight is 219 g/mol. The summed E-state index contributed by atoms with van der Waals surface area (Å²) in [6.45, 7) is 12.1. The Hall–Kier alpha value is -0.820. The van der Waals surface area contributed by atoms with Gasteiger partial charge in [0.2, 0.25) is 0 Å². The summed E-state index contributed by atoms with van der Waals surface area (Å²) >= 11 is 0. The Morgan fingerprint density at radius 2 is 1.94 bits per heavy atom. The molecule has 1 atom stereocenters. The SMILES string of the molecule is CCC(CNC(C)(C)C)c1cccc(C)c1. The van der Waals surface area contributed by atoms with Crippen molar-refractivity contribution in [3.05, 3.63) is 35.4 Å². The third-order valence-corrected chi connectivity index (χ3v) is 2.89. The Kier molecular flexibility index (Phi) is 4.55. The molecule has 0 radical (unpaired) electrons. The van der Waals surface area contributed by atoms with Gasteiger partial charge in [0.15, 0.2) is 0 Å². The van der Waals surface area contributed by atoms with Crippen LogP contribution in [0.5, 0.6) is 0 Å². The molecule has 1 unspecified atom stereocenters. The molecular weight excluding hydrogens is 194 g/mol. The summed E-state index contributed by atoms with van der Waals surface area (Å²) in [4.78, 5) is 0. The van der Waals surface area contributed by atoms with Gasteiger partial charge >= 0.3 is 0 Å². The van der Waals surface area contributed by atoms with Crippen LogP contribution in [0.4, 0.5) is 0 Å². The molecule has 90 valence electrons. The maximum atomic E-state index is 3.59. The van der Waals surface area contributed by atoms with Crippen LogP contribution in [0.3, 0.4) is 0 Å². The van der Waals surface area contributed by atoms with Crippen molar-refractivity contribution in [1.29, 1.82) is 0 Å². The highest BCUT2D eigenvalue weighted by Gasteiger charge is 2.14. The molecule has 1 heteroatoms. The minimum atomic E-state index is 0.206. The summed E-state index contributed by atoms with van der Waals surface area (Å²) in [7, 11) is 0. The first-order valence-corrected chi connectivity index (χ1v) is 6.24. The largest absolute Gasteiger partial charge is 0.311 e. The van der Waals surface area contributed by atoms with Gasteiger partial charge in [0, 0.05) is 12.1 Å². The summed E-state index contributed by atoms with van der Waals surface area (Å²) in [6.07, 6.45) is 1.19. The van der Waals surface area contributed by atoms with Crippen molar-refractivity contribution in [2.24, 2.45) is 0 Å². The van der Waals surface area contributed by atoms with Crippen molar-refractivity contribution < 1.29 is 0 Å². The predicted molar refractivity (Wildman–Crippen MR) is 72.0 cm³/mol. The van der Waals surface area contributed by atoms with E-state index in [1.807, 2.05) is 0 Å². The van der Waals surface area contributed by atoms with Gasteiger partial charge in [-0.15, -0.1) is 0 Å². The summed E-state index contributed by atoms with van der Waals surface area (Å²) in [5.41, 5.74) is 3.02. The zero-order valence-electron chi connectivity index (χ0n) is 11.3. The number of benzene rings is 1. The molecule has 1 aromatic rings. The van der Waals surface area contributed by atoms with Crippen LogP contribution in [0.1, 0.15) is 51.2 Å². The van der Waals surface area contributed by atoms with Gasteiger partial charge in [-0.2, -0.15) is 0 Å². The Labute approximate surface area is 100 Å². The Morgan fingerprint density at radius 1 is 1.25 bits per heavy atom. The van der Waals surface area contributed by atoms with E-state index < -0.39 is 0 Å². The molecule has 1 N–H and O–H groups in total. The van der Waals surface area contributed by atoms with Gasteiger partial charge in [-0.25, -0.2) is 0 Å². The van der Waals surface area contributed by atoms with Gasteiger partial charge in [-0.1, -0.05) is 36.8 Å². The predicted octanol–water partition coefficient (Wildman–Crippen LogP) is 3.88. The van der Waals surface area contributed by atoms with E-state index in [-0.39, 0.29) is 5.54 Å². The maximum absolute atomic E-state index is 3.59. The van der Waals surface area contributed by atoms with E-state index in [4.69, 9.17) is 0 Å². The van der Waals surface area contributed by atoms with E-state index in [9.17, 15) is 0 Å². The number of rotatable bonds is 4. The average Bonchev–Trinajstić information content (AvgIpc) is 2.17. The first kappa shape index (κ1) is 13.2. The van der Waals surface area contributed by atoms with Gasteiger partial charge in [-0.05, 0) is 45.6 Å². The third-order valence-electron chi connectivity index (χ3n) is 2.89. The highest BCUT2D eigenvalue weighted by molar-refractivity contribution is 5.25. The summed E-state index contributed by atoms with van der Waals surface area (Å²) in [5.74, 6) is 0.624. The van der Waals surface area contributed by atoms with Gasteiger partial charge in [0.25, 0.3) is 0 Å². The summed E-state index contributed by atoms with van der Waals surface area (Å²) in [5, 5.41) is 3.59. The molecule has 0 saturated carbocycles. The first-order chi connectivity index (χ1) is 7.42. The molecule has 0 amide bonds. The highest BCUT2D eigenvalue weighted by atomic mass is 14.9. The first-order valence-electron chi connectivity index (χ1n) is 6.24. The number of nitrogens with one attached hydrogen (secondary N) is 1. The molecule has 0 bridgehead atoms. The smallest absolute Gasteiger partial charge is 0.00967 e. The highest BCUT2D eigenvalue weighted by Crippen LogP contribution is 2.20. The van der Waals surface area contributed by atoms with Crippen molar-refractivity contribution in [3.8, 4) is 0 Å². The van der Waals surface area contributed by atoms with Gasteiger partial charge < -0.3 is 5.32 Å². The van der Waals surface area contributed by atoms with Crippen LogP contribution >= 0.6 is 0 Å². The van der Waals surface area contributed by atoms with E-state index in [1.165, 1.54) is 17.5 Å². The molecule has 0 saturated heterocycles. The van der Waals surface area contributed by atoms with E-state index in [2.05, 4.69) is 64.2 Å². The van der Waals surface area contributed by atoms with E-state index in [0.29, 0.717) is 5.92 Å². The summed E-state index contributed by atoms with van der Waals surface area (Å²) in [6, 6.07) is 8.86. The fraction of sp³-hybridized carbons (Fsp3) is 0.600. The van der Waals surface area contributed by atoms with Crippen molar-refractivity contribution in [2.75, 3.05) is 6.54 Å². The molecule has 1 rings (SSSR count). The van der Waals surface area contributed by atoms with Crippen LogP contribution in [0.25, 0.3) is 0 Å². The van der Waals surface area contributed by atoms with E-state index in [1.54, 1.807) is 0 Å². The molecule has 0 spiro atoms. The van der Waals surface area contributed by atoms with Gasteiger partial charge in [0.05, 0.1) is 0 Å². The third kappa shape index (κ3) is 4.36. The van der Waals surface area contributed by atoms with Crippen LogP contribution in [-0.2, 0) is 0 Å². The van der Waals surface area contributed by atoms with Crippen LogP contribution in [-0.4, -0.2) is 12.1 Å². The number of hydrogen-bond acceptors (Lipinski definition) is 1. The normalized spacial score (nSPS) is 13.8. The second kappa shape index (κ2) is 5.49. The minimum Gasteiger partial charge on any atom is -0.311 e. The van der Waals surface area contributed by atoms with E-state index >= 15 is 0 Å². The zero-order valence-corrected chi connectivity index (χ0v) is 11.3. The molecule has 0 aliphatic heterocycles. The number of hydrogen-bond donors (Lipinski definition) is 1. The zero-order chi connectivity index (χ0) is 12.2. The lowest BCUT2D eigenvalue weighted by atomic mass is 9.94. The fourth-order valence-electron chi connectivity index (χ4n) is 1.85. The second-order valence-electron chi connectivity index (χ2n) is 5.65. The van der Waals surface area contributed by atoms with E-state index in [0.717, 1.165) is 6.54 Å². The topological polar surface area (TPSA) is 12.0 Å². The molecule has 0 aliphatic carbocycles. The monoisotopic (exact) mass is 219 g/mol. The quantitative estimate of drug-likeness (QED) is 0.810. The molecule has 0 aromatic heterocycles. The molecule has 16 heavy (non-hydrogen) atoms. The van der Waals surface area contributed by atoms with Gasteiger partial charge in [-0.3, -0.25) is 0 Å². The standard InChI is InChI=1S/C15H25N/c1-6-13(11-16-15(3,4)5)14-9-7-8-12(2)10-14/h7-10,13,16H,6,11H2,1-5H3. The van der Waals surface area contributed by atoms with Crippen molar-refractivity contribution in [1.82, 2.24) is 5.32 Å². The molecule has 0 aliphatic rings. The molecular formula is C15H25N. The fourth-order valence-corrected chi connectivity index (χ4v) is 1.85. The molecule has 0 fully saturated rings. The Bertz CT molecular complexity index is 322.